The molecule has 15 heavy (non-hydrogen) atoms. The van der Waals surface area contributed by atoms with E-state index in [1.165, 1.54) is 6.07 Å². The first-order valence-corrected chi connectivity index (χ1v) is 5.09. The second-order valence-electron chi connectivity index (χ2n) is 3.69. The van der Waals surface area contributed by atoms with Crippen LogP contribution in [0, 0.1) is 5.92 Å². The van der Waals surface area contributed by atoms with Crippen LogP contribution in [0.3, 0.4) is 0 Å². The van der Waals surface area contributed by atoms with Gasteiger partial charge in [-0.25, -0.2) is 0 Å². The number of ketones is 1. The van der Waals surface area contributed by atoms with Crippen molar-refractivity contribution >= 4 is 5.78 Å². The maximum Gasteiger partial charge on any atom is 0.166 e. The molecule has 1 aromatic carbocycles. The summed E-state index contributed by atoms with van der Waals surface area (Å²) >= 11 is 0. The van der Waals surface area contributed by atoms with Crippen LogP contribution in [0.4, 0.5) is 0 Å². The van der Waals surface area contributed by atoms with Crippen molar-refractivity contribution in [2.24, 2.45) is 5.92 Å². The average molecular weight is 204 g/mol. The number of aromatic hydroxyl groups is 1. The summed E-state index contributed by atoms with van der Waals surface area (Å²) in [6, 6.07) is 6.64. The largest absolute Gasteiger partial charge is 0.507 e. The number of hydrogen-bond acceptors (Lipinski definition) is 2. The molecule has 0 saturated heterocycles. The molecule has 0 spiro atoms. The van der Waals surface area contributed by atoms with E-state index in [1.54, 1.807) is 18.2 Å². The van der Waals surface area contributed by atoms with Crippen LogP contribution in [0.1, 0.15) is 30.1 Å². The van der Waals surface area contributed by atoms with Gasteiger partial charge in [-0.05, 0) is 24.5 Å². The van der Waals surface area contributed by atoms with E-state index in [9.17, 15) is 9.90 Å². The highest BCUT2D eigenvalue weighted by atomic mass is 16.3. The zero-order chi connectivity index (χ0) is 11.3. The molecule has 0 saturated carbocycles. The fourth-order valence-corrected chi connectivity index (χ4v) is 1.32. The van der Waals surface area contributed by atoms with Gasteiger partial charge in [0.05, 0.1) is 5.56 Å². The molecule has 0 fully saturated rings. The predicted molar refractivity (Wildman–Crippen MR) is 61.0 cm³/mol. The third-order valence-electron chi connectivity index (χ3n) is 2.43. The molecule has 1 N–H and O–H groups in total. The van der Waals surface area contributed by atoms with Crippen molar-refractivity contribution in [2.75, 3.05) is 0 Å². The Hall–Kier alpha value is -1.57. The number of phenolic OH excluding ortho intramolecular Hbond substituents is 1. The second kappa shape index (κ2) is 5.35. The lowest BCUT2D eigenvalue weighted by molar-refractivity contribution is 0.0974. The first-order valence-electron chi connectivity index (χ1n) is 5.09. The number of carbonyl (C=O) groups is 1. The molecule has 1 atom stereocenters. The fourth-order valence-electron chi connectivity index (χ4n) is 1.32. The summed E-state index contributed by atoms with van der Waals surface area (Å²) in [5.41, 5.74) is 0.411. The van der Waals surface area contributed by atoms with Crippen LogP contribution in [0.25, 0.3) is 0 Å². The van der Waals surface area contributed by atoms with Crippen molar-refractivity contribution in [3.8, 4) is 5.75 Å². The Morgan fingerprint density at radius 2 is 2.20 bits per heavy atom. The van der Waals surface area contributed by atoms with Gasteiger partial charge in [0, 0.05) is 6.42 Å². The maximum absolute atomic E-state index is 11.7. The summed E-state index contributed by atoms with van der Waals surface area (Å²) in [7, 11) is 0. The third kappa shape index (κ3) is 3.24. The number of para-hydroxylation sites is 1. The Bertz CT molecular complexity index is 355. The van der Waals surface area contributed by atoms with E-state index in [1.807, 2.05) is 13.0 Å². The Balaban J connectivity index is 2.62. The molecule has 0 radical (unpaired) electrons. The molecule has 0 bridgehead atoms. The molecule has 1 unspecified atom stereocenters. The van der Waals surface area contributed by atoms with Gasteiger partial charge in [-0.15, -0.1) is 6.58 Å². The summed E-state index contributed by atoms with van der Waals surface area (Å²) in [5, 5.41) is 9.46. The molecule has 80 valence electrons. The maximum atomic E-state index is 11.7. The van der Waals surface area contributed by atoms with Crippen LogP contribution < -0.4 is 0 Å². The van der Waals surface area contributed by atoms with Crippen molar-refractivity contribution in [3.05, 3.63) is 42.5 Å². The SMILES string of the molecule is C=CC(C)CCC(=O)c1ccccc1O. The normalized spacial score (nSPS) is 12.1. The highest BCUT2D eigenvalue weighted by Gasteiger charge is 2.10. The minimum atomic E-state index is -0.0122. The molecule has 1 aromatic rings. The standard InChI is InChI=1S/C13H16O2/c1-3-10(2)8-9-13(15)11-6-4-5-7-12(11)14/h3-7,10,14H,1,8-9H2,2H3. The molecule has 0 aliphatic rings. The van der Waals surface area contributed by atoms with Crippen LogP contribution in [0.2, 0.25) is 0 Å². The number of carbonyl (C=O) groups excluding carboxylic acids is 1. The smallest absolute Gasteiger partial charge is 0.166 e. The number of rotatable bonds is 5. The molecule has 0 aliphatic carbocycles. The Kier molecular flexibility index (Phi) is 4.10. The molecule has 1 rings (SSSR count). The monoisotopic (exact) mass is 204 g/mol. The summed E-state index contributed by atoms with van der Waals surface area (Å²) in [6.45, 7) is 5.69. The van der Waals surface area contributed by atoms with E-state index < -0.39 is 0 Å². The van der Waals surface area contributed by atoms with E-state index in [-0.39, 0.29) is 11.5 Å². The molecule has 0 aromatic heterocycles. The number of hydrogen-bond donors (Lipinski definition) is 1. The molecular weight excluding hydrogens is 188 g/mol. The molecule has 0 aliphatic heterocycles. The van der Waals surface area contributed by atoms with E-state index in [2.05, 4.69) is 6.58 Å². The van der Waals surface area contributed by atoms with Gasteiger partial charge in [0.2, 0.25) is 0 Å². The summed E-state index contributed by atoms with van der Waals surface area (Å²) < 4.78 is 0. The van der Waals surface area contributed by atoms with Crippen LogP contribution >= 0.6 is 0 Å². The van der Waals surface area contributed by atoms with Gasteiger partial charge in [-0.1, -0.05) is 25.1 Å². The van der Waals surface area contributed by atoms with Crippen molar-refractivity contribution in [1.29, 1.82) is 0 Å². The van der Waals surface area contributed by atoms with Gasteiger partial charge in [0.15, 0.2) is 5.78 Å². The highest BCUT2D eigenvalue weighted by Crippen LogP contribution is 2.19. The van der Waals surface area contributed by atoms with Gasteiger partial charge in [-0.2, -0.15) is 0 Å². The minimum Gasteiger partial charge on any atom is -0.507 e. The van der Waals surface area contributed by atoms with Crippen LogP contribution in [-0.4, -0.2) is 10.9 Å². The van der Waals surface area contributed by atoms with Crippen molar-refractivity contribution in [1.82, 2.24) is 0 Å². The number of Topliss-reactive ketones (excluding diaryl/α,β-unsaturated/α-hetero) is 1. The topological polar surface area (TPSA) is 37.3 Å². The number of phenols is 1. The quantitative estimate of drug-likeness (QED) is 0.590. The van der Waals surface area contributed by atoms with E-state index in [0.717, 1.165) is 6.42 Å². The van der Waals surface area contributed by atoms with Crippen molar-refractivity contribution in [2.45, 2.75) is 19.8 Å². The van der Waals surface area contributed by atoms with E-state index in [4.69, 9.17) is 0 Å². The average Bonchev–Trinajstić information content (AvgIpc) is 2.26. The van der Waals surface area contributed by atoms with Gasteiger partial charge in [0.1, 0.15) is 5.75 Å². The van der Waals surface area contributed by atoms with Gasteiger partial charge < -0.3 is 5.11 Å². The molecule has 0 heterocycles. The highest BCUT2D eigenvalue weighted by molar-refractivity contribution is 5.98. The lowest BCUT2D eigenvalue weighted by Crippen LogP contribution is -2.01. The van der Waals surface area contributed by atoms with Crippen LogP contribution in [-0.2, 0) is 0 Å². The predicted octanol–water partition coefficient (Wildman–Crippen LogP) is 3.18. The first-order chi connectivity index (χ1) is 7.15. The lowest BCUT2D eigenvalue weighted by Gasteiger charge is -2.05. The van der Waals surface area contributed by atoms with Crippen LogP contribution in [0.15, 0.2) is 36.9 Å². The zero-order valence-corrected chi connectivity index (χ0v) is 8.94. The number of benzene rings is 1. The van der Waals surface area contributed by atoms with Crippen molar-refractivity contribution in [3.63, 3.8) is 0 Å². The Morgan fingerprint density at radius 1 is 1.53 bits per heavy atom. The number of allylic oxidation sites excluding steroid dienone is 1. The molecule has 0 amide bonds. The molecule has 2 nitrogen and oxygen atoms in total. The molecule has 2 heteroatoms. The summed E-state index contributed by atoms with van der Waals surface area (Å²) in [4.78, 5) is 11.7. The Morgan fingerprint density at radius 3 is 2.80 bits per heavy atom. The lowest BCUT2D eigenvalue weighted by atomic mass is 10.00. The third-order valence-corrected chi connectivity index (χ3v) is 2.43. The van der Waals surface area contributed by atoms with E-state index >= 15 is 0 Å². The Labute approximate surface area is 90.3 Å². The summed E-state index contributed by atoms with van der Waals surface area (Å²) in [6.07, 6.45) is 3.06. The molecular formula is C13H16O2. The van der Waals surface area contributed by atoms with Gasteiger partial charge in [-0.3, -0.25) is 4.79 Å². The first kappa shape index (κ1) is 11.5. The van der Waals surface area contributed by atoms with Gasteiger partial charge >= 0.3 is 0 Å². The fraction of sp³-hybridized carbons (Fsp3) is 0.308. The van der Waals surface area contributed by atoms with Crippen molar-refractivity contribution < 1.29 is 9.90 Å². The van der Waals surface area contributed by atoms with Crippen LogP contribution in [0.5, 0.6) is 5.75 Å². The minimum absolute atomic E-state index is 0.0122. The van der Waals surface area contributed by atoms with E-state index in [0.29, 0.717) is 17.9 Å². The zero-order valence-electron chi connectivity index (χ0n) is 8.94. The second-order valence-corrected chi connectivity index (χ2v) is 3.69. The van der Waals surface area contributed by atoms with Gasteiger partial charge in [0.25, 0.3) is 0 Å². The summed E-state index contributed by atoms with van der Waals surface area (Å²) in [5.74, 6) is 0.385.